The summed E-state index contributed by atoms with van der Waals surface area (Å²) in [5.41, 5.74) is 8.89. The van der Waals surface area contributed by atoms with Gasteiger partial charge in [0.25, 0.3) is 0 Å². The van der Waals surface area contributed by atoms with Crippen LogP contribution in [0, 0.1) is 5.53 Å². The molecule has 0 aliphatic heterocycles. The highest BCUT2D eigenvalue weighted by molar-refractivity contribution is 7.13. The summed E-state index contributed by atoms with van der Waals surface area (Å²) in [6.45, 7) is 0. The van der Waals surface area contributed by atoms with Crippen LogP contribution in [0.2, 0.25) is 0 Å². The van der Waals surface area contributed by atoms with Gasteiger partial charge in [-0.05, 0) is 6.07 Å². The summed E-state index contributed by atoms with van der Waals surface area (Å²) in [7, 11) is 1.63. The maximum Gasteiger partial charge on any atom is 0.176 e. The van der Waals surface area contributed by atoms with E-state index in [1.165, 1.54) is 0 Å². The average molecular weight is 230 g/mol. The van der Waals surface area contributed by atoms with Crippen molar-refractivity contribution in [2.75, 3.05) is 7.05 Å². The van der Waals surface area contributed by atoms with Crippen molar-refractivity contribution in [1.82, 2.24) is 4.98 Å². The molecule has 0 aliphatic carbocycles. The molecule has 1 N–H and O–H groups in total. The van der Waals surface area contributed by atoms with Gasteiger partial charge in [0.05, 0.1) is 0 Å². The fraction of sp³-hybridized carbons (Fsp3) is 0.0909. The molecule has 0 radical (unpaired) electrons. The molecule has 0 saturated heterocycles. The molecule has 5 heteroatoms. The van der Waals surface area contributed by atoms with Gasteiger partial charge in [-0.3, -0.25) is 4.99 Å². The molecule has 0 bridgehead atoms. The SMILES string of the molecule is CN=C(N=N)c1cccc(-c2nccs2)c1. The molecular weight excluding hydrogens is 220 g/mol. The second kappa shape index (κ2) is 4.76. The molecule has 0 aliphatic rings. The molecule has 1 aromatic carbocycles. The zero-order chi connectivity index (χ0) is 11.4. The van der Waals surface area contributed by atoms with E-state index < -0.39 is 0 Å². The van der Waals surface area contributed by atoms with Crippen molar-refractivity contribution in [3.05, 3.63) is 41.4 Å². The Morgan fingerprint density at radius 2 is 2.31 bits per heavy atom. The zero-order valence-electron chi connectivity index (χ0n) is 8.71. The van der Waals surface area contributed by atoms with E-state index >= 15 is 0 Å². The first-order valence-corrected chi connectivity index (χ1v) is 5.57. The third kappa shape index (κ3) is 2.04. The molecule has 4 nitrogen and oxygen atoms in total. The molecular formula is C11H10N4S. The lowest BCUT2D eigenvalue weighted by atomic mass is 10.1. The smallest absolute Gasteiger partial charge is 0.176 e. The molecule has 0 amide bonds. The number of benzene rings is 1. The normalized spacial score (nSPS) is 11.4. The van der Waals surface area contributed by atoms with Crippen LogP contribution in [-0.2, 0) is 0 Å². The van der Waals surface area contributed by atoms with Gasteiger partial charge in [0.2, 0.25) is 0 Å². The Labute approximate surface area is 97.2 Å². The van der Waals surface area contributed by atoms with Crippen molar-refractivity contribution in [3.8, 4) is 10.6 Å². The van der Waals surface area contributed by atoms with Gasteiger partial charge in [0.15, 0.2) is 5.84 Å². The van der Waals surface area contributed by atoms with Crippen molar-refractivity contribution < 1.29 is 0 Å². The Morgan fingerprint density at radius 3 is 2.94 bits per heavy atom. The fourth-order valence-electron chi connectivity index (χ4n) is 1.40. The number of hydrogen-bond donors (Lipinski definition) is 1. The number of nitrogens with zero attached hydrogens (tertiary/aromatic N) is 3. The second-order valence-corrected chi connectivity index (χ2v) is 3.97. The first-order valence-electron chi connectivity index (χ1n) is 4.69. The Bertz CT molecular complexity index is 517. The van der Waals surface area contributed by atoms with E-state index in [0.29, 0.717) is 5.84 Å². The van der Waals surface area contributed by atoms with Gasteiger partial charge in [-0.15, -0.1) is 16.5 Å². The Hall–Kier alpha value is -1.88. The standard InChI is InChI=1S/C11H10N4S/c1-13-10(15-12)8-3-2-4-9(7-8)11-14-5-6-16-11/h2-7,12H,1H3. The third-order valence-corrected chi connectivity index (χ3v) is 2.94. The minimum Gasteiger partial charge on any atom is -0.268 e. The maximum absolute atomic E-state index is 7.02. The summed E-state index contributed by atoms with van der Waals surface area (Å²) in [4.78, 5) is 8.18. The molecule has 80 valence electrons. The summed E-state index contributed by atoms with van der Waals surface area (Å²) in [6.07, 6.45) is 1.77. The van der Waals surface area contributed by atoms with Crippen LogP contribution in [0.25, 0.3) is 10.6 Å². The predicted molar refractivity (Wildman–Crippen MR) is 65.2 cm³/mol. The van der Waals surface area contributed by atoms with Crippen LogP contribution in [0.4, 0.5) is 0 Å². The summed E-state index contributed by atoms with van der Waals surface area (Å²) in [5.74, 6) is 0.429. The molecule has 1 aromatic heterocycles. The van der Waals surface area contributed by atoms with Gasteiger partial charge in [0, 0.05) is 29.8 Å². The monoisotopic (exact) mass is 230 g/mol. The molecule has 0 spiro atoms. The van der Waals surface area contributed by atoms with E-state index in [2.05, 4.69) is 15.1 Å². The number of thiazole rings is 1. The minimum atomic E-state index is 0.429. The van der Waals surface area contributed by atoms with Gasteiger partial charge < -0.3 is 0 Å². The van der Waals surface area contributed by atoms with Crippen LogP contribution in [0.3, 0.4) is 0 Å². The highest BCUT2D eigenvalue weighted by Crippen LogP contribution is 2.22. The maximum atomic E-state index is 7.02. The van der Waals surface area contributed by atoms with Crippen molar-refractivity contribution in [3.63, 3.8) is 0 Å². The van der Waals surface area contributed by atoms with Crippen molar-refractivity contribution in [2.24, 2.45) is 10.1 Å². The second-order valence-electron chi connectivity index (χ2n) is 3.08. The largest absolute Gasteiger partial charge is 0.268 e. The van der Waals surface area contributed by atoms with Crippen LogP contribution in [0.15, 0.2) is 45.9 Å². The molecule has 0 fully saturated rings. The van der Waals surface area contributed by atoms with E-state index in [4.69, 9.17) is 5.53 Å². The van der Waals surface area contributed by atoms with Gasteiger partial charge in [0.1, 0.15) is 5.01 Å². The number of aromatic nitrogens is 1. The van der Waals surface area contributed by atoms with Crippen LogP contribution >= 0.6 is 11.3 Å². The lowest BCUT2D eigenvalue weighted by molar-refractivity contribution is 1.17. The van der Waals surface area contributed by atoms with Crippen molar-refractivity contribution in [2.45, 2.75) is 0 Å². The van der Waals surface area contributed by atoms with Crippen LogP contribution in [-0.4, -0.2) is 17.9 Å². The van der Waals surface area contributed by atoms with Crippen LogP contribution in [0.1, 0.15) is 5.56 Å². The van der Waals surface area contributed by atoms with Gasteiger partial charge in [-0.25, -0.2) is 10.5 Å². The molecule has 0 atom stereocenters. The van der Waals surface area contributed by atoms with E-state index in [0.717, 1.165) is 16.1 Å². The molecule has 16 heavy (non-hydrogen) atoms. The Balaban J connectivity index is 2.45. The zero-order valence-corrected chi connectivity index (χ0v) is 9.53. The first-order chi connectivity index (χ1) is 7.85. The van der Waals surface area contributed by atoms with Crippen LogP contribution in [0.5, 0.6) is 0 Å². The van der Waals surface area contributed by atoms with E-state index in [1.807, 2.05) is 29.6 Å². The number of nitrogens with one attached hydrogen (secondary N) is 1. The van der Waals surface area contributed by atoms with Crippen LogP contribution < -0.4 is 0 Å². The van der Waals surface area contributed by atoms with E-state index in [-0.39, 0.29) is 0 Å². The number of amidine groups is 1. The molecule has 2 rings (SSSR count). The number of rotatable bonds is 2. The Kier molecular flexibility index (Phi) is 3.16. The summed E-state index contributed by atoms with van der Waals surface area (Å²) in [5, 5.41) is 6.28. The predicted octanol–water partition coefficient (Wildman–Crippen LogP) is 3.22. The minimum absolute atomic E-state index is 0.429. The highest BCUT2D eigenvalue weighted by atomic mass is 32.1. The van der Waals surface area contributed by atoms with Gasteiger partial charge in [-0.1, -0.05) is 18.2 Å². The quantitative estimate of drug-likeness (QED) is 0.480. The lowest BCUT2D eigenvalue weighted by Gasteiger charge is -2.01. The molecule has 0 unspecified atom stereocenters. The first kappa shape index (κ1) is 10.6. The van der Waals surface area contributed by atoms with Crippen molar-refractivity contribution >= 4 is 17.2 Å². The number of aliphatic imine (C=N–C) groups is 1. The van der Waals surface area contributed by atoms with E-state index in [9.17, 15) is 0 Å². The third-order valence-electron chi connectivity index (χ3n) is 2.12. The molecule has 0 saturated carbocycles. The van der Waals surface area contributed by atoms with Gasteiger partial charge in [-0.2, -0.15) is 0 Å². The highest BCUT2D eigenvalue weighted by Gasteiger charge is 2.05. The molecule has 1 heterocycles. The topological polar surface area (TPSA) is 61.5 Å². The lowest BCUT2D eigenvalue weighted by Crippen LogP contribution is -1.95. The summed E-state index contributed by atoms with van der Waals surface area (Å²) in [6, 6.07) is 7.73. The van der Waals surface area contributed by atoms with E-state index in [1.54, 1.807) is 24.6 Å². The van der Waals surface area contributed by atoms with Crippen molar-refractivity contribution in [1.29, 1.82) is 5.53 Å². The number of hydrogen-bond acceptors (Lipinski definition) is 4. The fourth-order valence-corrected chi connectivity index (χ4v) is 2.04. The van der Waals surface area contributed by atoms with Gasteiger partial charge >= 0.3 is 0 Å². The Morgan fingerprint density at radius 1 is 1.44 bits per heavy atom. The molecule has 2 aromatic rings. The summed E-state index contributed by atoms with van der Waals surface area (Å²) >= 11 is 1.58. The average Bonchev–Trinajstić information content (AvgIpc) is 2.85. The summed E-state index contributed by atoms with van der Waals surface area (Å²) < 4.78 is 0.